The van der Waals surface area contributed by atoms with E-state index >= 15 is 0 Å². The number of nitro groups is 2. The summed E-state index contributed by atoms with van der Waals surface area (Å²) in [4.78, 5) is 56.6. The van der Waals surface area contributed by atoms with Crippen molar-refractivity contribution in [2.75, 3.05) is 33.5 Å². The number of oxime groups is 1. The molecule has 0 aromatic heterocycles. The molecule has 17 heteroatoms. The number of nitro benzene ring substituents is 2. The van der Waals surface area contributed by atoms with Crippen LogP contribution in [0, 0.1) is 38.0 Å². The number of aliphatic hydroxyl groups excluding tert-OH is 2. The fourth-order valence-corrected chi connectivity index (χ4v) is 10.2. The van der Waals surface area contributed by atoms with Crippen LogP contribution in [0.1, 0.15) is 91.3 Å². The molecule has 0 unspecified atom stereocenters. The number of methoxy groups -OCH3 is 1. The highest BCUT2D eigenvalue weighted by Gasteiger charge is 2.65. The van der Waals surface area contributed by atoms with E-state index in [2.05, 4.69) is 12.7 Å². The third-order valence-corrected chi connectivity index (χ3v) is 13.4. The molecule has 17 nitrogen and oxygen atoms in total. The first-order valence-electron chi connectivity index (χ1n) is 24.0. The van der Waals surface area contributed by atoms with E-state index in [-0.39, 0.29) is 74.4 Å². The Morgan fingerprint density at radius 1 is 0.930 bits per heavy atom. The zero-order valence-corrected chi connectivity index (χ0v) is 39.9. The smallest absolute Gasteiger partial charge is 0.269 e. The zero-order valence-electron chi connectivity index (χ0n) is 39.9. The van der Waals surface area contributed by atoms with E-state index in [4.69, 9.17) is 28.9 Å². The van der Waals surface area contributed by atoms with Crippen LogP contribution in [0.4, 0.5) is 11.4 Å². The second-order valence-electron chi connectivity index (χ2n) is 17.8. The molecular weight excluding hydrogens is 913 g/mol. The van der Waals surface area contributed by atoms with Gasteiger partial charge in [0.2, 0.25) is 11.7 Å². The molecule has 2 N–H and O–H groups in total. The Hall–Kier alpha value is -7.21. The summed E-state index contributed by atoms with van der Waals surface area (Å²) in [7, 11) is 1.49. The Morgan fingerprint density at radius 3 is 2.25 bits per heavy atom. The molecule has 1 fully saturated rings. The van der Waals surface area contributed by atoms with Crippen molar-refractivity contribution >= 4 is 35.4 Å². The van der Waals surface area contributed by atoms with Crippen molar-refractivity contribution in [2.24, 2.45) is 22.9 Å². The van der Waals surface area contributed by atoms with Crippen LogP contribution in [0.3, 0.4) is 0 Å². The summed E-state index contributed by atoms with van der Waals surface area (Å²) in [6.45, 7) is 6.33. The Labute approximate surface area is 412 Å². The molecule has 0 radical (unpaired) electrons. The zero-order chi connectivity index (χ0) is 50.5. The Kier molecular flexibility index (Phi) is 17.5. The highest BCUT2D eigenvalue weighted by molar-refractivity contribution is 6.03. The predicted molar refractivity (Wildman–Crippen MR) is 265 cm³/mol. The van der Waals surface area contributed by atoms with Gasteiger partial charge in [0.1, 0.15) is 35.6 Å². The standard InChI is InChI=1S/C54H60N4O13/c1-4-26-56(51(62)25-16-36-12-17-40(18-13-36)57(63)64)50-33-47(55-69-35-37-14-19-41(20-15-37)58(65)66)45-31-38(10-6-8-27-59)44(11-7-9-28-60)52-46-32-43(70-42-21-23-48(67-3)39(30-42)34-61)22-24-49(46)71-54(50,53(45)52)68-29-5-2/h5,12-25,30-32,34,38,44,50,52-53,59-60H,2,4,6-11,26-29,33,35H2,1,3H3/t38-,44+,50-,52+,53+,54+/m0/s1. The van der Waals surface area contributed by atoms with E-state index < -0.39 is 27.6 Å². The summed E-state index contributed by atoms with van der Waals surface area (Å²) in [6, 6.07) is 21.6. The first-order valence-corrected chi connectivity index (χ1v) is 24.0. The van der Waals surface area contributed by atoms with E-state index in [1.807, 2.05) is 19.1 Å². The van der Waals surface area contributed by atoms with E-state index in [1.165, 1.54) is 37.5 Å². The summed E-state index contributed by atoms with van der Waals surface area (Å²) >= 11 is 0. The van der Waals surface area contributed by atoms with Crippen LogP contribution >= 0.6 is 0 Å². The van der Waals surface area contributed by atoms with Crippen molar-refractivity contribution in [2.45, 2.75) is 82.6 Å². The topological polar surface area (TPSA) is 223 Å². The first-order chi connectivity index (χ1) is 34.5. The maximum atomic E-state index is 14.9. The van der Waals surface area contributed by atoms with Gasteiger partial charge in [-0.25, -0.2) is 0 Å². The van der Waals surface area contributed by atoms with Crippen molar-refractivity contribution in [1.29, 1.82) is 0 Å². The molecule has 0 saturated heterocycles. The molecule has 7 rings (SSSR count). The van der Waals surface area contributed by atoms with Gasteiger partial charge >= 0.3 is 0 Å². The number of amides is 1. The molecule has 71 heavy (non-hydrogen) atoms. The highest BCUT2D eigenvalue weighted by atomic mass is 16.7. The number of fused-ring (bicyclic) bond motifs is 2. The minimum Gasteiger partial charge on any atom is -0.496 e. The molecule has 374 valence electrons. The number of aldehydes is 1. The van der Waals surface area contributed by atoms with Gasteiger partial charge in [0.25, 0.3) is 11.4 Å². The lowest BCUT2D eigenvalue weighted by molar-refractivity contribution is -0.385. The summed E-state index contributed by atoms with van der Waals surface area (Å²) in [6.07, 6.45) is 12.3. The number of carbonyl (C=O) groups is 2. The van der Waals surface area contributed by atoms with Crippen molar-refractivity contribution in [3.8, 4) is 23.0 Å². The average Bonchev–Trinajstić information content (AvgIpc) is 3.38. The lowest BCUT2D eigenvalue weighted by Gasteiger charge is -2.60. The second kappa shape index (κ2) is 24.1. The number of ether oxygens (including phenoxy) is 4. The van der Waals surface area contributed by atoms with Crippen LogP contribution in [0.2, 0.25) is 0 Å². The lowest BCUT2D eigenvalue weighted by atomic mass is 9.55. The number of benzene rings is 4. The second-order valence-corrected chi connectivity index (χ2v) is 17.8. The van der Waals surface area contributed by atoms with Crippen LogP contribution in [-0.2, 0) is 21.0 Å². The molecule has 1 amide bonds. The van der Waals surface area contributed by atoms with E-state index in [9.17, 15) is 40.0 Å². The molecule has 0 bridgehead atoms. The third-order valence-electron chi connectivity index (χ3n) is 13.4. The van der Waals surface area contributed by atoms with Gasteiger partial charge in [0.15, 0.2) is 6.29 Å². The minimum absolute atomic E-state index is 0.0118. The highest BCUT2D eigenvalue weighted by Crippen LogP contribution is 2.62. The van der Waals surface area contributed by atoms with Crippen molar-refractivity contribution < 1.29 is 53.4 Å². The minimum atomic E-state index is -1.55. The summed E-state index contributed by atoms with van der Waals surface area (Å²) in [5.41, 5.74) is 3.58. The predicted octanol–water partition coefficient (Wildman–Crippen LogP) is 9.90. The Bertz CT molecular complexity index is 2630. The summed E-state index contributed by atoms with van der Waals surface area (Å²) in [5, 5.41) is 47.7. The van der Waals surface area contributed by atoms with Crippen LogP contribution < -0.4 is 14.2 Å². The van der Waals surface area contributed by atoms with Crippen LogP contribution in [-0.4, -0.2) is 88.2 Å². The van der Waals surface area contributed by atoms with Crippen LogP contribution in [0.5, 0.6) is 23.0 Å². The molecule has 4 aromatic rings. The molecule has 6 atom stereocenters. The normalized spacial score (nSPS) is 21.5. The van der Waals surface area contributed by atoms with Gasteiger partial charge in [-0.05, 0) is 127 Å². The van der Waals surface area contributed by atoms with Crippen molar-refractivity contribution in [3.05, 3.63) is 158 Å². The van der Waals surface area contributed by atoms with E-state index in [0.29, 0.717) is 83.8 Å². The average molecular weight is 973 g/mol. The van der Waals surface area contributed by atoms with Gasteiger partial charge in [-0.1, -0.05) is 37.1 Å². The Morgan fingerprint density at radius 2 is 1.61 bits per heavy atom. The summed E-state index contributed by atoms with van der Waals surface area (Å²) < 4.78 is 26.3. The molecule has 0 spiro atoms. The number of nitrogens with zero attached hydrogens (tertiary/aromatic N) is 4. The fourth-order valence-electron chi connectivity index (χ4n) is 10.2. The number of unbranched alkanes of at least 4 members (excludes halogenated alkanes) is 2. The summed E-state index contributed by atoms with van der Waals surface area (Å²) in [5.74, 6) is -1.26. The van der Waals surface area contributed by atoms with Gasteiger partial charge in [0.05, 0.1) is 40.8 Å². The lowest BCUT2D eigenvalue weighted by Crippen LogP contribution is -2.70. The van der Waals surface area contributed by atoms with Gasteiger partial charge in [0, 0.05) is 68.0 Å². The Balaban J connectivity index is 1.42. The van der Waals surface area contributed by atoms with E-state index in [0.717, 1.165) is 24.0 Å². The third kappa shape index (κ3) is 11.7. The number of non-ortho nitro benzene ring substituents is 2. The van der Waals surface area contributed by atoms with Gasteiger partial charge in [-0.2, -0.15) is 0 Å². The molecule has 1 heterocycles. The van der Waals surface area contributed by atoms with Gasteiger partial charge in [-0.15, -0.1) is 6.58 Å². The number of hydrogen-bond donors (Lipinski definition) is 2. The maximum absolute atomic E-state index is 14.9. The quantitative estimate of drug-likeness (QED) is 0.0158. The number of aliphatic hydroxyl groups is 2. The van der Waals surface area contributed by atoms with Gasteiger partial charge in [-0.3, -0.25) is 29.8 Å². The number of carbonyl (C=O) groups excluding carboxylic acids is 2. The van der Waals surface area contributed by atoms with Gasteiger partial charge < -0.3 is 38.9 Å². The molecule has 4 aromatic carbocycles. The molecular formula is C54H60N4O13. The molecule has 1 saturated carbocycles. The monoisotopic (exact) mass is 972 g/mol. The fraction of sp³-hybridized carbons (Fsp3) is 0.389. The first kappa shape index (κ1) is 51.6. The van der Waals surface area contributed by atoms with Crippen LogP contribution in [0.25, 0.3) is 6.08 Å². The maximum Gasteiger partial charge on any atom is 0.269 e. The SMILES string of the molecule is C=CCO[C@@]12Oc3ccc(Oc4ccc(OC)c(C=O)c4)cc3[C@H]3[C@H](CCCCO)[C@@H](CCCCO)C=C(C(=NOCc4ccc([N+](=O)[O-])cc4)C[C@@H]1N(CCC)C(=O)C=Cc1ccc([N+](=O)[O-])cc1)[C@H]32. The molecule has 3 aliphatic rings. The number of rotatable bonds is 25. The van der Waals surface area contributed by atoms with Crippen molar-refractivity contribution in [1.82, 2.24) is 4.90 Å². The van der Waals surface area contributed by atoms with Crippen molar-refractivity contribution in [3.63, 3.8) is 0 Å². The van der Waals surface area contributed by atoms with E-state index in [1.54, 1.807) is 65.6 Å². The largest absolute Gasteiger partial charge is 0.496 e. The number of hydrogen-bond acceptors (Lipinski definition) is 14. The molecule has 2 aliphatic carbocycles. The molecule has 1 aliphatic heterocycles. The number of allylic oxidation sites excluding steroid dienone is 1. The van der Waals surface area contributed by atoms with Crippen LogP contribution in [0.15, 0.2) is 120 Å².